The number of rotatable bonds is 2. The maximum absolute atomic E-state index is 12.7. The number of nitrogens with one attached hydrogen (secondary N) is 2. The van der Waals surface area contributed by atoms with E-state index in [4.69, 9.17) is 0 Å². The van der Waals surface area contributed by atoms with Crippen molar-refractivity contribution >= 4 is 11.7 Å². The van der Waals surface area contributed by atoms with Crippen LogP contribution in [0.15, 0.2) is 35.9 Å². The molecule has 1 aliphatic carbocycles. The molecular weight excluding hydrogens is 231 g/mol. The average molecular weight is 248 g/mol. The van der Waals surface area contributed by atoms with Crippen LogP contribution in [0.1, 0.15) is 26.2 Å². The molecule has 4 heteroatoms. The Bertz CT molecular complexity index is 453. The zero-order valence-electron chi connectivity index (χ0n) is 10.4. The fraction of sp³-hybridized carbons (Fsp3) is 0.357. The van der Waals surface area contributed by atoms with Gasteiger partial charge < -0.3 is 10.6 Å². The van der Waals surface area contributed by atoms with Gasteiger partial charge in [0.25, 0.3) is 0 Å². The Labute approximate surface area is 106 Å². The van der Waals surface area contributed by atoms with Crippen molar-refractivity contribution < 1.29 is 9.18 Å². The van der Waals surface area contributed by atoms with Gasteiger partial charge in [-0.15, -0.1) is 0 Å². The topological polar surface area (TPSA) is 41.1 Å². The number of carbonyl (C=O) groups is 1. The zero-order chi connectivity index (χ0) is 13.0. The summed E-state index contributed by atoms with van der Waals surface area (Å²) in [7, 11) is 0. The molecule has 0 saturated carbocycles. The maximum Gasteiger partial charge on any atom is 0.319 e. The second kappa shape index (κ2) is 5.67. The predicted octanol–water partition coefficient (Wildman–Crippen LogP) is 3.45. The fourth-order valence-electron chi connectivity index (χ4n) is 1.98. The fourth-order valence-corrected chi connectivity index (χ4v) is 1.98. The van der Waals surface area contributed by atoms with Crippen LogP contribution in [-0.4, -0.2) is 12.1 Å². The van der Waals surface area contributed by atoms with E-state index < -0.39 is 0 Å². The molecule has 0 heterocycles. The van der Waals surface area contributed by atoms with Gasteiger partial charge in [0, 0.05) is 11.7 Å². The molecule has 1 atom stereocenters. The van der Waals surface area contributed by atoms with Crippen LogP contribution < -0.4 is 10.6 Å². The summed E-state index contributed by atoms with van der Waals surface area (Å²) in [6.07, 6.45) is 5.04. The first kappa shape index (κ1) is 12.6. The Morgan fingerprint density at radius 2 is 2.06 bits per heavy atom. The minimum Gasteiger partial charge on any atom is -0.335 e. The van der Waals surface area contributed by atoms with Gasteiger partial charge in [0.15, 0.2) is 0 Å². The highest BCUT2D eigenvalue weighted by molar-refractivity contribution is 5.89. The first-order valence-electron chi connectivity index (χ1n) is 6.12. The second-order valence-corrected chi connectivity index (χ2v) is 4.63. The number of anilines is 1. The highest BCUT2D eigenvalue weighted by Gasteiger charge is 2.14. The number of hydrogen-bond donors (Lipinski definition) is 2. The standard InChI is InChI=1S/C14H17FN2O/c1-10-2-6-12(7-3-10)16-14(18)17-13-8-4-11(15)5-9-13/h2,4-5,8-9,12H,3,6-7H2,1H3,(H2,16,17,18). The van der Waals surface area contributed by atoms with Gasteiger partial charge in [-0.25, -0.2) is 9.18 Å². The van der Waals surface area contributed by atoms with Crippen molar-refractivity contribution in [3.05, 3.63) is 41.7 Å². The Hall–Kier alpha value is -1.84. The lowest BCUT2D eigenvalue weighted by molar-refractivity contribution is 0.247. The third kappa shape index (κ3) is 3.58. The molecule has 2 amide bonds. The van der Waals surface area contributed by atoms with E-state index in [1.807, 2.05) is 0 Å². The number of urea groups is 1. The summed E-state index contributed by atoms with van der Waals surface area (Å²) in [4.78, 5) is 11.7. The quantitative estimate of drug-likeness (QED) is 0.773. The molecule has 0 aliphatic heterocycles. The van der Waals surface area contributed by atoms with E-state index in [1.54, 1.807) is 12.1 Å². The van der Waals surface area contributed by atoms with Crippen LogP contribution in [0.25, 0.3) is 0 Å². The van der Waals surface area contributed by atoms with Crippen LogP contribution in [0.4, 0.5) is 14.9 Å². The Morgan fingerprint density at radius 3 is 2.67 bits per heavy atom. The molecule has 96 valence electrons. The van der Waals surface area contributed by atoms with Crippen LogP contribution in [-0.2, 0) is 0 Å². The highest BCUT2D eigenvalue weighted by Crippen LogP contribution is 2.17. The summed E-state index contributed by atoms with van der Waals surface area (Å²) < 4.78 is 12.7. The van der Waals surface area contributed by atoms with Gasteiger partial charge in [-0.3, -0.25) is 0 Å². The maximum atomic E-state index is 12.7. The lowest BCUT2D eigenvalue weighted by atomic mass is 9.96. The number of amides is 2. The minimum absolute atomic E-state index is 0.189. The van der Waals surface area contributed by atoms with Crippen LogP contribution >= 0.6 is 0 Å². The van der Waals surface area contributed by atoms with Crippen LogP contribution in [0, 0.1) is 5.82 Å². The molecule has 18 heavy (non-hydrogen) atoms. The highest BCUT2D eigenvalue weighted by atomic mass is 19.1. The molecule has 2 rings (SSSR count). The third-order valence-electron chi connectivity index (χ3n) is 3.08. The van der Waals surface area contributed by atoms with E-state index in [2.05, 4.69) is 23.6 Å². The predicted molar refractivity (Wildman–Crippen MR) is 70.0 cm³/mol. The molecule has 1 unspecified atom stereocenters. The summed E-state index contributed by atoms with van der Waals surface area (Å²) in [6.45, 7) is 2.11. The van der Waals surface area contributed by atoms with Crippen molar-refractivity contribution in [2.24, 2.45) is 0 Å². The first-order valence-corrected chi connectivity index (χ1v) is 6.12. The third-order valence-corrected chi connectivity index (χ3v) is 3.08. The van der Waals surface area contributed by atoms with Crippen LogP contribution in [0.2, 0.25) is 0 Å². The Morgan fingerprint density at radius 1 is 1.33 bits per heavy atom. The molecule has 0 aromatic heterocycles. The van der Waals surface area contributed by atoms with Gasteiger partial charge in [-0.1, -0.05) is 11.6 Å². The lowest BCUT2D eigenvalue weighted by Gasteiger charge is -2.21. The molecule has 1 aliphatic rings. The summed E-state index contributed by atoms with van der Waals surface area (Å²) in [5.74, 6) is -0.311. The monoisotopic (exact) mass is 248 g/mol. The zero-order valence-corrected chi connectivity index (χ0v) is 10.4. The lowest BCUT2D eigenvalue weighted by Crippen LogP contribution is -2.38. The first-order chi connectivity index (χ1) is 8.63. The van der Waals surface area contributed by atoms with Gasteiger partial charge in [0.2, 0.25) is 0 Å². The van der Waals surface area contributed by atoms with Gasteiger partial charge in [0.05, 0.1) is 0 Å². The molecule has 2 N–H and O–H groups in total. The molecule has 0 spiro atoms. The van der Waals surface area contributed by atoms with Gasteiger partial charge >= 0.3 is 6.03 Å². The largest absolute Gasteiger partial charge is 0.335 e. The number of hydrogen-bond acceptors (Lipinski definition) is 1. The molecule has 1 aromatic carbocycles. The summed E-state index contributed by atoms with van der Waals surface area (Å²) in [5.41, 5.74) is 1.98. The average Bonchev–Trinajstić information content (AvgIpc) is 2.35. The van der Waals surface area contributed by atoms with E-state index in [1.165, 1.54) is 17.7 Å². The summed E-state index contributed by atoms with van der Waals surface area (Å²) >= 11 is 0. The van der Waals surface area contributed by atoms with Crippen LogP contribution in [0.5, 0.6) is 0 Å². The number of allylic oxidation sites excluding steroid dienone is 1. The van der Waals surface area contributed by atoms with Crippen molar-refractivity contribution in [1.82, 2.24) is 5.32 Å². The van der Waals surface area contributed by atoms with Gasteiger partial charge in [-0.05, 0) is 50.5 Å². The van der Waals surface area contributed by atoms with Gasteiger partial charge in [-0.2, -0.15) is 0 Å². The van der Waals surface area contributed by atoms with Crippen molar-refractivity contribution in [2.75, 3.05) is 5.32 Å². The number of benzene rings is 1. The molecule has 3 nitrogen and oxygen atoms in total. The van der Waals surface area contributed by atoms with Crippen molar-refractivity contribution in [2.45, 2.75) is 32.2 Å². The van der Waals surface area contributed by atoms with Gasteiger partial charge in [0.1, 0.15) is 5.82 Å². The molecular formula is C14H17FN2O. The van der Waals surface area contributed by atoms with E-state index in [-0.39, 0.29) is 17.9 Å². The minimum atomic E-state index is -0.311. The number of carbonyl (C=O) groups excluding carboxylic acids is 1. The Balaban J connectivity index is 1.84. The molecule has 1 aromatic rings. The normalized spacial score (nSPS) is 19.0. The summed E-state index contributed by atoms with van der Waals surface area (Å²) in [6, 6.07) is 5.68. The Kier molecular flexibility index (Phi) is 3.97. The summed E-state index contributed by atoms with van der Waals surface area (Å²) in [5, 5.41) is 5.60. The van der Waals surface area contributed by atoms with Crippen molar-refractivity contribution in [3.63, 3.8) is 0 Å². The van der Waals surface area contributed by atoms with Crippen molar-refractivity contribution in [1.29, 1.82) is 0 Å². The van der Waals surface area contributed by atoms with Crippen molar-refractivity contribution in [3.8, 4) is 0 Å². The number of halogens is 1. The molecule has 0 saturated heterocycles. The van der Waals surface area contributed by atoms with E-state index in [9.17, 15) is 9.18 Å². The second-order valence-electron chi connectivity index (χ2n) is 4.63. The van der Waals surface area contributed by atoms with E-state index in [0.29, 0.717) is 5.69 Å². The van der Waals surface area contributed by atoms with E-state index >= 15 is 0 Å². The SMILES string of the molecule is CC1=CCC(NC(=O)Nc2ccc(F)cc2)CC1. The van der Waals surface area contributed by atoms with E-state index in [0.717, 1.165) is 19.3 Å². The molecule has 0 radical (unpaired) electrons. The van der Waals surface area contributed by atoms with Crippen LogP contribution in [0.3, 0.4) is 0 Å². The molecule has 0 fully saturated rings. The molecule has 0 bridgehead atoms. The smallest absolute Gasteiger partial charge is 0.319 e.